The van der Waals surface area contributed by atoms with Gasteiger partial charge >= 0.3 is 0 Å². The van der Waals surface area contributed by atoms with Gasteiger partial charge in [0, 0.05) is 25.9 Å². The largest absolute Gasteiger partial charge is 0.456 e. The van der Waals surface area contributed by atoms with Crippen molar-refractivity contribution in [1.29, 1.82) is 0 Å². The van der Waals surface area contributed by atoms with Crippen molar-refractivity contribution in [2.45, 2.75) is 9.79 Å². The van der Waals surface area contributed by atoms with E-state index in [-0.39, 0.29) is 0 Å². The second-order valence-corrected chi connectivity index (χ2v) is 13.1. The van der Waals surface area contributed by atoms with E-state index in [1.807, 2.05) is 11.8 Å². The van der Waals surface area contributed by atoms with Gasteiger partial charge in [-0.15, -0.1) is 0 Å². The Morgan fingerprint density at radius 1 is 0.348 bits per heavy atom. The molecule has 2 heterocycles. The van der Waals surface area contributed by atoms with Crippen LogP contribution in [0.4, 0.5) is 0 Å². The Morgan fingerprint density at radius 2 is 0.957 bits per heavy atom. The molecule has 0 aliphatic carbocycles. The third kappa shape index (κ3) is 3.77. The highest BCUT2D eigenvalue weighted by atomic mass is 32.2. The Bertz CT molecular complexity index is 2670. The zero-order valence-electron chi connectivity index (χ0n) is 24.8. The smallest absolute Gasteiger partial charge is 0.136 e. The second-order valence-electron chi connectivity index (χ2n) is 12.0. The highest BCUT2D eigenvalue weighted by Crippen LogP contribution is 2.50. The van der Waals surface area contributed by atoms with Crippen molar-refractivity contribution in [1.82, 2.24) is 0 Å². The zero-order chi connectivity index (χ0) is 30.2. The minimum Gasteiger partial charge on any atom is -0.456 e. The van der Waals surface area contributed by atoms with E-state index in [9.17, 15) is 0 Å². The van der Waals surface area contributed by atoms with E-state index in [4.69, 9.17) is 4.42 Å². The minimum atomic E-state index is 0.911. The molecule has 0 radical (unpaired) electrons. The van der Waals surface area contributed by atoms with Crippen LogP contribution in [0.1, 0.15) is 0 Å². The lowest BCUT2D eigenvalue weighted by molar-refractivity contribution is 0.669. The Labute approximate surface area is 270 Å². The Balaban J connectivity index is 1.19. The maximum absolute atomic E-state index is 6.46. The predicted octanol–water partition coefficient (Wildman–Crippen LogP) is 13.0. The highest BCUT2D eigenvalue weighted by Gasteiger charge is 2.22. The van der Waals surface area contributed by atoms with Crippen LogP contribution in [0, 0.1) is 0 Å². The standard InChI is InChI=1S/C44H26OS/c1-2-14-31-27(10-1)22-24-39-43(31)44-35(19-9-20-38(44)45-39)34-17-6-5-16-33(34)32-15-4-3-13-30(32)29-23-25-40-37(26-29)36-18-7-11-28-12-8-21-41(46-40)42(28)36/h1-26H. The quantitative estimate of drug-likeness (QED) is 0.200. The average Bonchev–Trinajstić information content (AvgIpc) is 3.52. The first-order chi connectivity index (χ1) is 22.8. The fourth-order valence-corrected chi connectivity index (χ4v) is 8.59. The Morgan fingerprint density at radius 3 is 1.80 bits per heavy atom. The van der Waals surface area contributed by atoms with Gasteiger partial charge in [0.2, 0.25) is 0 Å². The van der Waals surface area contributed by atoms with Crippen LogP contribution in [-0.4, -0.2) is 0 Å². The Kier molecular flexibility index (Phi) is 5.58. The molecule has 9 aromatic rings. The van der Waals surface area contributed by atoms with E-state index in [2.05, 4.69) is 158 Å². The summed E-state index contributed by atoms with van der Waals surface area (Å²) in [6, 6.07) is 57.2. The zero-order valence-corrected chi connectivity index (χ0v) is 25.6. The summed E-state index contributed by atoms with van der Waals surface area (Å²) in [5.74, 6) is 0. The summed E-state index contributed by atoms with van der Waals surface area (Å²) < 4.78 is 6.46. The summed E-state index contributed by atoms with van der Waals surface area (Å²) >= 11 is 1.87. The van der Waals surface area contributed by atoms with E-state index in [1.54, 1.807) is 0 Å². The molecule has 10 rings (SSSR count). The molecule has 0 unspecified atom stereocenters. The molecule has 214 valence electrons. The maximum Gasteiger partial charge on any atom is 0.136 e. The molecule has 1 aliphatic rings. The van der Waals surface area contributed by atoms with Gasteiger partial charge in [-0.3, -0.25) is 0 Å². The molecule has 8 aromatic carbocycles. The lowest BCUT2D eigenvalue weighted by atomic mass is 9.87. The van der Waals surface area contributed by atoms with Crippen LogP contribution in [0.2, 0.25) is 0 Å². The Hall–Kier alpha value is -5.57. The van der Waals surface area contributed by atoms with Gasteiger partial charge < -0.3 is 4.42 Å². The number of furan rings is 1. The van der Waals surface area contributed by atoms with E-state index >= 15 is 0 Å². The van der Waals surface area contributed by atoms with E-state index in [0.717, 1.165) is 16.6 Å². The van der Waals surface area contributed by atoms with Crippen molar-refractivity contribution in [3.63, 3.8) is 0 Å². The van der Waals surface area contributed by atoms with E-state index < -0.39 is 0 Å². The fourth-order valence-electron chi connectivity index (χ4n) is 7.47. The summed E-state index contributed by atoms with van der Waals surface area (Å²) in [5, 5.41) is 7.42. The summed E-state index contributed by atoms with van der Waals surface area (Å²) in [4.78, 5) is 2.63. The molecule has 1 aliphatic heterocycles. The molecular formula is C44H26OS. The maximum atomic E-state index is 6.46. The van der Waals surface area contributed by atoms with Gasteiger partial charge in [-0.2, -0.15) is 0 Å². The molecule has 0 atom stereocenters. The molecule has 0 saturated heterocycles. The van der Waals surface area contributed by atoms with Gasteiger partial charge in [0.25, 0.3) is 0 Å². The third-order valence-electron chi connectivity index (χ3n) is 9.49. The molecule has 2 heteroatoms. The summed E-state index contributed by atoms with van der Waals surface area (Å²) in [5.41, 5.74) is 11.7. The molecular weight excluding hydrogens is 577 g/mol. The molecule has 0 N–H and O–H groups in total. The van der Waals surface area contributed by atoms with Gasteiger partial charge in [-0.05, 0) is 91.0 Å². The van der Waals surface area contributed by atoms with Crippen LogP contribution in [0.15, 0.2) is 172 Å². The fraction of sp³-hybridized carbons (Fsp3) is 0. The summed E-state index contributed by atoms with van der Waals surface area (Å²) in [6.45, 7) is 0. The molecule has 1 aromatic heterocycles. The SMILES string of the molecule is c1ccc(-c2ccccc2-c2cccc3oc4ccc5ccccc5c4c23)c(-c2ccc3c(c2)-c2cccc4cccc(c24)S3)c1. The van der Waals surface area contributed by atoms with Crippen LogP contribution in [0.25, 0.3) is 88.0 Å². The van der Waals surface area contributed by atoms with Crippen LogP contribution in [0.5, 0.6) is 0 Å². The molecule has 0 amide bonds. The first kappa shape index (κ1) is 25.7. The number of hydrogen-bond donors (Lipinski definition) is 0. The van der Waals surface area contributed by atoms with Gasteiger partial charge in [-0.25, -0.2) is 0 Å². The normalized spacial score (nSPS) is 12.3. The van der Waals surface area contributed by atoms with E-state index in [1.165, 1.54) is 81.2 Å². The van der Waals surface area contributed by atoms with Gasteiger partial charge in [-0.1, -0.05) is 139 Å². The topological polar surface area (TPSA) is 13.1 Å². The lowest BCUT2D eigenvalue weighted by Gasteiger charge is -2.22. The summed E-state index contributed by atoms with van der Waals surface area (Å²) in [7, 11) is 0. The number of benzene rings is 8. The first-order valence-corrected chi connectivity index (χ1v) is 16.5. The molecule has 0 saturated carbocycles. The van der Waals surface area contributed by atoms with Crippen molar-refractivity contribution < 1.29 is 4.42 Å². The first-order valence-electron chi connectivity index (χ1n) is 15.7. The lowest BCUT2D eigenvalue weighted by Crippen LogP contribution is -1.94. The minimum absolute atomic E-state index is 0.911. The molecule has 1 nitrogen and oxygen atoms in total. The summed E-state index contributed by atoms with van der Waals surface area (Å²) in [6.07, 6.45) is 0. The average molecular weight is 603 g/mol. The molecule has 46 heavy (non-hydrogen) atoms. The molecule has 0 spiro atoms. The van der Waals surface area contributed by atoms with Gasteiger partial charge in [0.1, 0.15) is 11.2 Å². The van der Waals surface area contributed by atoms with E-state index in [0.29, 0.717) is 0 Å². The van der Waals surface area contributed by atoms with Crippen LogP contribution in [-0.2, 0) is 0 Å². The van der Waals surface area contributed by atoms with Gasteiger partial charge in [0.05, 0.1) is 0 Å². The highest BCUT2D eigenvalue weighted by molar-refractivity contribution is 7.99. The molecule has 0 fully saturated rings. The molecule has 0 bridgehead atoms. The van der Waals surface area contributed by atoms with Crippen molar-refractivity contribution in [3.05, 3.63) is 158 Å². The van der Waals surface area contributed by atoms with Gasteiger partial charge in [0.15, 0.2) is 0 Å². The van der Waals surface area contributed by atoms with Crippen LogP contribution >= 0.6 is 11.8 Å². The third-order valence-corrected chi connectivity index (χ3v) is 10.6. The number of rotatable bonds is 3. The predicted molar refractivity (Wildman–Crippen MR) is 195 cm³/mol. The number of fused-ring (bicyclic) bond motifs is 7. The van der Waals surface area contributed by atoms with Crippen LogP contribution in [0.3, 0.4) is 0 Å². The van der Waals surface area contributed by atoms with Crippen molar-refractivity contribution in [2.24, 2.45) is 0 Å². The number of hydrogen-bond acceptors (Lipinski definition) is 2. The second kappa shape index (κ2) is 9.97. The van der Waals surface area contributed by atoms with Crippen molar-refractivity contribution >= 4 is 55.2 Å². The van der Waals surface area contributed by atoms with Crippen LogP contribution < -0.4 is 0 Å². The monoisotopic (exact) mass is 602 g/mol. The van der Waals surface area contributed by atoms with Crippen molar-refractivity contribution in [2.75, 3.05) is 0 Å². The van der Waals surface area contributed by atoms with Crippen molar-refractivity contribution in [3.8, 4) is 44.5 Å².